The molecular weight excluding hydrogens is 723 g/mol. The molecule has 0 fully saturated rings. The van der Waals surface area contributed by atoms with Crippen molar-refractivity contribution in [2.75, 3.05) is 4.90 Å². The molecule has 0 bridgehead atoms. The van der Waals surface area contributed by atoms with Gasteiger partial charge in [-0.1, -0.05) is 189 Å². The molecule has 0 aliphatic heterocycles. The zero-order valence-corrected chi connectivity index (χ0v) is 34.5. The molecule has 0 heterocycles. The monoisotopic (exact) mass is 769 g/mol. The van der Waals surface area contributed by atoms with E-state index in [-0.39, 0.29) is 10.8 Å². The molecule has 1 unspecified atom stereocenters. The SMILES string of the molecule is Cc1ccccc1C1(C2=CC=CCC2)c2ccccc2-c2cc(N(c3ccc(-c4ccccc4-c4ccccc4)cc3)c3ccc4c(c3)C(C)(C)c3ccccc3-4)ccc21. The number of benzene rings is 8. The van der Waals surface area contributed by atoms with Crippen LogP contribution < -0.4 is 4.90 Å². The van der Waals surface area contributed by atoms with Crippen LogP contribution in [0.4, 0.5) is 17.1 Å². The number of hydrogen-bond acceptors (Lipinski definition) is 1. The predicted octanol–water partition coefficient (Wildman–Crippen LogP) is 15.7. The molecule has 8 aromatic rings. The summed E-state index contributed by atoms with van der Waals surface area (Å²) < 4.78 is 0. The van der Waals surface area contributed by atoms with Gasteiger partial charge in [-0.3, -0.25) is 0 Å². The predicted molar refractivity (Wildman–Crippen MR) is 253 cm³/mol. The van der Waals surface area contributed by atoms with Gasteiger partial charge in [0.2, 0.25) is 0 Å². The number of nitrogens with zero attached hydrogens (tertiary/aromatic N) is 1. The third kappa shape index (κ3) is 5.46. The van der Waals surface area contributed by atoms with Crippen molar-refractivity contribution in [3.05, 3.63) is 245 Å². The lowest BCUT2D eigenvalue weighted by atomic mass is 9.64. The van der Waals surface area contributed by atoms with Gasteiger partial charge in [0.05, 0.1) is 5.41 Å². The fourth-order valence-corrected chi connectivity index (χ4v) is 10.8. The fraction of sp³-hybridized carbons (Fsp3) is 0.119. The Bertz CT molecular complexity index is 3020. The molecule has 0 saturated heterocycles. The van der Waals surface area contributed by atoms with Crippen LogP contribution in [0, 0.1) is 6.92 Å². The van der Waals surface area contributed by atoms with E-state index >= 15 is 0 Å². The fourth-order valence-electron chi connectivity index (χ4n) is 10.8. The average molecular weight is 770 g/mol. The Balaban J connectivity index is 1.11. The van der Waals surface area contributed by atoms with Gasteiger partial charge in [-0.2, -0.15) is 0 Å². The summed E-state index contributed by atoms with van der Waals surface area (Å²) in [4.78, 5) is 2.48. The molecule has 0 N–H and O–H groups in total. The van der Waals surface area contributed by atoms with Crippen LogP contribution in [0.2, 0.25) is 0 Å². The van der Waals surface area contributed by atoms with Crippen LogP contribution in [0.3, 0.4) is 0 Å². The molecule has 3 aliphatic carbocycles. The highest BCUT2D eigenvalue weighted by Crippen LogP contribution is 2.59. The van der Waals surface area contributed by atoms with Crippen LogP contribution in [0.15, 0.2) is 212 Å². The minimum atomic E-state index is -0.372. The number of hydrogen-bond donors (Lipinski definition) is 0. The Morgan fingerprint density at radius 1 is 0.417 bits per heavy atom. The van der Waals surface area contributed by atoms with E-state index in [0.717, 1.165) is 29.9 Å². The molecule has 0 spiro atoms. The quantitative estimate of drug-likeness (QED) is 0.156. The Hall–Kier alpha value is -6.96. The number of rotatable bonds is 7. The van der Waals surface area contributed by atoms with Gasteiger partial charge in [-0.15, -0.1) is 0 Å². The smallest absolute Gasteiger partial charge is 0.0679 e. The van der Waals surface area contributed by atoms with Gasteiger partial charge >= 0.3 is 0 Å². The summed E-state index contributed by atoms with van der Waals surface area (Å²) >= 11 is 0. The summed E-state index contributed by atoms with van der Waals surface area (Å²) in [6.07, 6.45) is 9.04. The highest BCUT2D eigenvalue weighted by Gasteiger charge is 2.48. The van der Waals surface area contributed by atoms with Crippen molar-refractivity contribution in [1.29, 1.82) is 0 Å². The molecule has 0 saturated carbocycles. The van der Waals surface area contributed by atoms with Crippen LogP contribution >= 0.6 is 0 Å². The van der Waals surface area contributed by atoms with E-state index in [1.165, 1.54) is 83.5 Å². The molecule has 11 rings (SSSR count). The average Bonchev–Trinajstić information content (AvgIpc) is 3.72. The Kier molecular flexibility index (Phi) is 8.50. The first kappa shape index (κ1) is 36.1. The van der Waals surface area contributed by atoms with Crippen LogP contribution in [0.1, 0.15) is 60.1 Å². The van der Waals surface area contributed by atoms with Gasteiger partial charge in [-0.05, 0) is 134 Å². The van der Waals surface area contributed by atoms with Crippen molar-refractivity contribution >= 4 is 17.1 Å². The lowest BCUT2D eigenvalue weighted by Crippen LogP contribution is -2.31. The summed E-state index contributed by atoms with van der Waals surface area (Å²) in [5.41, 5.74) is 22.7. The zero-order valence-electron chi connectivity index (χ0n) is 34.5. The van der Waals surface area contributed by atoms with E-state index < -0.39 is 0 Å². The molecule has 8 aromatic carbocycles. The molecular formula is C59H47N. The van der Waals surface area contributed by atoms with Gasteiger partial charge in [-0.25, -0.2) is 0 Å². The molecule has 60 heavy (non-hydrogen) atoms. The Labute approximate surface area is 354 Å². The van der Waals surface area contributed by atoms with Crippen molar-refractivity contribution < 1.29 is 0 Å². The lowest BCUT2D eigenvalue weighted by molar-refractivity contribution is 0.660. The molecule has 288 valence electrons. The molecule has 3 aliphatic rings. The third-order valence-electron chi connectivity index (χ3n) is 13.6. The van der Waals surface area contributed by atoms with Gasteiger partial charge < -0.3 is 4.90 Å². The largest absolute Gasteiger partial charge is 0.310 e. The molecule has 1 atom stereocenters. The second kappa shape index (κ2) is 14.1. The van der Waals surface area contributed by atoms with Gasteiger partial charge in [0.15, 0.2) is 0 Å². The molecule has 1 nitrogen and oxygen atoms in total. The molecule has 0 amide bonds. The highest BCUT2D eigenvalue weighted by atomic mass is 15.1. The minimum Gasteiger partial charge on any atom is -0.310 e. The maximum Gasteiger partial charge on any atom is 0.0679 e. The maximum absolute atomic E-state index is 2.48. The summed E-state index contributed by atoms with van der Waals surface area (Å²) in [6.45, 7) is 7.03. The second-order valence-corrected chi connectivity index (χ2v) is 17.2. The normalized spacial score (nSPS) is 16.7. The summed E-state index contributed by atoms with van der Waals surface area (Å²) in [6, 6.07) is 70.2. The highest BCUT2D eigenvalue weighted by molar-refractivity contribution is 5.92. The topological polar surface area (TPSA) is 3.24 Å². The first-order valence-corrected chi connectivity index (χ1v) is 21.4. The maximum atomic E-state index is 2.48. The van der Waals surface area contributed by atoms with Crippen molar-refractivity contribution in [3.8, 4) is 44.5 Å². The van der Waals surface area contributed by atoms with E-state index in [2.05, 4.69) is 232 Å². The number of anilines is 3. The second-order valence-electron chi connectivity index (χ2n) is 17.2. The van der Waals surface area contributed by atoms with Gasteiger partial charge in [0.25, 0.3) is 0 Å². The number of fused-ring (bicyclic) bond motifs is 6. The lowest BCUT2D eigenvalue weighted by Gasteiger charge is -2.38. The van der Waals surface area contributed by atoms with Crippen LogP contribution in [-0.4, -0.2) is 0 Å². The first-order chi connectivity index (χ1) is 29.4. The summed E-state index contributed by atoms with van der Waals surface area (Å²) in [5, 5.41) is 0. The van der Waals surface area contributed by atoms with E-state index in [4.69, 9.17) is 0 Å². The standard InChI is InChI=1S/C59H47N/c1-40-18-10-15-27-53(40)59(43-21-8-5-9-22-43)55-29-17-14-26-50(55)52-38-45(35-37-56(52)59)60(46-34-36-51-49-25-13-16-28-54(49)58(2,3)57(51)39-46)44-32-30-42(31-33-44)48-24-12-11-23-47(48)41-19-6-4-7-20-41/h4-8,10-21,23-39H,9,22H2,1-3H3. The van der Waals surface area contributed by atoms with Crippen molar-refractivity contribution in [2.24, 2.45) is 0 Å². The molecule has 0 aromatic heterocycles. The van der Waals surface area contributed by atoms with Gasteiger partial charge in [0, 0.05) is 22.5 Å². The van der Waals surface area contributed by atoms with Crippen molar-refractivity contribution in [3.63, 3.8) is 0 Å². The minimum absolute atomic E-state index is 0.120. The van der Waals surface area contributed by atoms with E-state index in [9.17, 15) is 0 Å². The number of allylic oxidation sites excluding steroid dienone is 4. The van der Waals surface area contributed by atoms with E-state index in [1.54, 1.807) is 0 Å². The molecule has 1 heteroatoms. The Morgan fingerprint density at radius 2 is 0.950 bits per heavy atom. The van der Waals surface area contributed by atoms with Crippen LogP contribution in [0.25, 0.3) is 44.5 Å². The van der Waals surface area contributed by atoms with E-state index in [0.29, 0.717) is 0 Å². The van der Waals surface area contributed by atoms with E-state index in [1.807, 2.05) is 0 Å². The molecule has 0 radical (unpaired) electrons. The van der Waals surface area contributed by atoms with Crippen molar-refractivity contribution in [1.82, 2.24) is 0 Å². The third-order valence-corrected chi connectivity index (χ3v) is 13.6. The zero-order chi connectivity index (χ0) is 40.4. The Morgan fingerprint density at radius 3 is 1.65 bits per heavy atom. The number of aryl methyl sites for hydroxylation is 1. The first-order valence-electron chi connectivity index (χ1n) is 21.4. The van der Waals surface area contributed by atoms with Crippen molar-refractivity contribution in [2.45, 2.75) is 44.4 Å². The van der Waals surface area contributed by atoms with Gasteiger partial charge in [0.1, 0.15) is 0 Å². The summed E-state index contributed by atoms with van der Waals surface area (Å²) in [5.74, 6) is 0. The van der Waals surface area contributed by atoms with Crippen LogP contribution in [0.5, 0.6) is 0 Å². The van der Waals surface area contributed by atoms with Crippen LogP contribution in [-0.2, 0) is 10.8 Å². The summed E-state index contributed by atoms with van der Waals surface area (Å²) in [7, 11) is 0.